The minimum Gasteiger partial charge on any atom is -0.323 e. The van der Waals surface area contributed by atoms with Gasteiger partial charge in [0.2, 0.25) is 5.95 Å². The first kappa shape index (κ1) is 16.3. The van der Waals surface area contributed by atoms with E-state index in [9.17, 15) is 4.79 Å². The van der Waals surface area contributed by atoms with E-state index in [1.54, 1.807) is 22.7 Å². The molecule has 0 spiro atoms. The van der Waals surface area contributed by atoms with Crippen molar-refractivity contribution in [1.29, 1.82) is 0 Å². The Balaban J connectivity index is 2.01. The Morgan fingerprint density at radius 3 is 2.77 bits per heavy atom. The Kier molecular flexibility index (Phi) is 5.03. The molecule has 0 saturated heterocycles. The molecule has 1 aromatic heterocycles. The van der Waals surface area contributed by atoms with Gasteiger partial charge in [0.25, 0.3) is 0 Å². The summed E-state index contributed by atoms with van der Waals surface area (Å²) in [6.45, 7) is 6.34. The van der Waals surface area contributed by atoms with Crippen LogP contribution in [0.15, 0.2) is 24.3 Å². The number of urea groups is 1. The number of aryl methyl sites for hydroxylation is 1. The van der Waals surface area contributed by atoms with Crippen molar-refractivity contribution in [3.63, 3.8) is 0 Å². The number of carbonyl (C=O) groups excluding carboxylic acids is 1. The lowest BCUT2D eigenvalue weighted by molar-refractivity contribution is 0.220. The maximum Gasteiger partial charge on any atom is 0.324 e. The molecule has 0 saturated carbocycles. The van der Waals surface area contributed by atoms with Crippen LogP contribution in [0.1, 0.15) is 31.3 Å². The highest BCUT2D eigenvalue weighted by Crippen LogP contribution is 2.13. The van der Waals surface area contributed by atoms with Crippen LogP contribution in [0.3, 0.4) is 0 Å². The Morgan fingerprint density at radius 2 is 2.18 bits per heavy atom. The molecule has 0 radical (unpaired) electrons. The van der Waals surface area contributed by atoms with E-state index in [1.165, 1.54) is 0 Å². The summed E-state index contributed by atoms with van der Waals surface area (Å²) in [4.78, 5) is 18.0. The first-order chi connectivity index (χ1) is 10.4. The zero-order chi connectivity index (χ0) is 16.3. The Hall–Kier alpha value is -2.08. The van der Waals surface area contributed by atoms with Crippen LogP contribution in [0.5, 0.6) is 0 Å². The third kappa shape index (κ3) is 3.98. The van der Waals surface area contributed by atoms with Crippen LogP contribution in [0.2, 0.25) is 5.02 Å². The van der Waals surface area contributed by atoms with Crippen LogP contribution in [-0.2, 0) is 6.54 Å². The third-order valence-corrected chi connectivity index (χ3v) is 3.40. The van der Waals surface area contributed by atoms with Crippen molar-refractivity contribution in [2.75, 3.05) is 12.4 Å². The van der Waals surface area contributed by atoms with E-state index in [1.807, 2.05) is 39.0 Å². The highest BCUT2D eigenvalue weighted by molar-refractivity contribution is 6.30. The summed E-state index contributed by atoms with van der Waals surface area (Å²) >= 11 is 5.95. The van der Waals surface area contributed by atoms with E-state index < -0.39 is 0 Å². The number of rotatable bonds is 4. The number of halogens is 1. The first-order valence-electron chi connectivity index (χ1n) is 7.06. The standard InChI is InChI=1S/C15H20ClN5O/c1-10(2)21-11(3)17-14(19-21)18-15(22)20(4)9-12-6-5-7-13(16)8-12/h5-8,10H,9H2,1-4H3,(H,18,19,22). The second kappa shape index (κ2) is 6.79. The van der Waals surface area contributed by atoms with Gasteiger partial charge in [-0.15, -0.1) is 5.10 Å². The van der Waals surface area contributed by atoms with Crippen LogP contribution >= 0.6 is 11.6 Å². The molecule has 0 atom stereocenters. The lowest BCUT2D eigenvalue weighted by Crippen LogP contribution is -2.31. The highest BCUT2D eigenvalue weighted by atomic mass is 35.5. The van der Waals surface area contributed by atoms with E-state index in [4.69, 9.17) is 11.6 Å². The minimum absolute atomic E-state index is 0.197. The van der Waals surface area contributed by atoms with E-state index in [-0.39, 0.29) is 12.1 Å². The van der Waals surface area contributed by atoms with Crippen LogP contribution in [-0.4, -0.2) is 32.7 Å². The predicted molar refractivity (Wildman–Crippen MR) is 87.1 cm³/mol. The summed E-state index contributed by atoms with van der Waals surface area (Å²) in [7, 11) is 1.71. The zero-order valence-electron chi connectivity index (χ0n) is 13.2. The molecule has 1 aromatic carbocycles. The highest BCUT2D eigenvalue weighted by Gasteiger charge is 2.14. The Morgan fingerprint density at radius 1 is 1.45 bits per heavy atom. The molecule has 0 aliphatic rings. The molecular formula is C15H20ClN5O. The first-order valence-corrected chi connectivity index (χ1v) is 7.44. The number of amides is 2. The maximum atomic E-state index is 12.2. The van der Waals surface area contributed by atoms with Crippen molar-refractivity contribution in [3.8, 4) is 0 Å². The largest absolute Gasteiger partial charge is 0.324 e. The van der Waals surface area contributed by atoms with Gasteiger partial charge in [0, 0.05) is 24.7 Å². The molecule has 2 amide bonds. The summed E-state index contributed by atoms with van der Waals surface area (Å²) in [5, 5.41) is 7.63. The van der Waals surface area contributed by atoms with E-state index in [2.05, 4.69) is 15.4 Å². The number of hydrogen-bond donors (Lipinski definition) is 1. The maximum absolute atomic E-state index is 12.2. The second-order valence-corrected chi connectivity index (χ2v) is 5.87. The monoisotopic (exact) mass is 321 g/mol. The van der Waals surface area contributed by atoms with E-state index in [0.29, 0.717) is 17.5 Å². The van der Waals surface area contributed by atoms with Crippen molar-refractivity contribution >= 4 is 23.6 Å². The molecule has 7 heteroatoms. The third-order valence-electron chi connectivity index (χ3n) is 3.17. The van der Waals surface area contributed by atoms with Crippen LogP contribution < -0.4 is 5.32 Å². The lowest BCUT2D eigenvalue weighted by Gasteiger charge is -2.17. The summed E-state index contributed by atoms with van der Waals surface area (Å²) in [5.74, 6) is 1.08. The van der Waals surface area contributed by atoms with Crippen LogP contribution in [0.4, 0.5) is 10.7 Å². The summed E-state index contributed by atoms with van der Waals surface area (Å²) in [6, 6.07) is 7.35. The average Bonchev–Trinajstić information content (AvgIpc) is 2.79. The normalized spacial score (nSPS) is 10.8. The summed E-state index contributed by atoms with van der Waals surface area (Å²) < 4.78 is 1.77. The number of aromatic nitrogens is 3. The Bertz CT molecular complexity index is 668. The molecule has 2 aromatic rings. The van der Waals surface area contributed by atoms with Crippen molar-refractivity contribution in [1.82, 2.24) is 19.7 Å². The van der Waals surface area contributed by atoms with Gasteiger partial charge in [-0.2, -0.15) is 4.98 Å². The number of hydrogen-bond acceptors (Lipinski definition) is 3. The van der Waals surface area contributed by atoms with Crippen LogP contribution in [0, 0.1) is 6.92 Å². The number of carbonyl (C=O) groups is 1. The van der Waals surface area contributed by atoms with Gasteiger partial charge in [0.1, 0.15) is 5.82 Å². The van der Waals surface area contributed by atoms with Gasteiger partial charge in [0.15, 0.2) is 0 Å². The smallest absolute Gasteiger partial charge is 0.323 e. The molecule has 22 heavy (non-hydrogen) atoms. The van der Waals surface area contributed by atoms with E-state index >= 15 is 0 Å². The SMILES string of the molecule is Cc1nc(NC(=O)N(C)Cc2cccc(Cl)c2)nn1C(C)C. The van der Waals surface area contributed by atoms with Crippen molar-refractivity contribution in [2.45, 2.75) is 33.4 Å². The molecule has 0 fully saturated rings. The molecule has 0 unspecified atom stereocenters. The molecule has 0 bridgehead atoms. The molecule has 2 rings (SSSR count). The lowest BCUT2D eigenvalue weighted by atomic mass is 10.2. The predicted octanol–water partition coefficient (Wildman–Crippen LogP) is 3.48. The van der Waals surface area contributed by atoms with Gasteiger partial charge >= 0.3 is 6.03 Å². The fourth-order valence-corrected chi connectivity index (χ4v) is 2.33. The molecular weight excluding hydrogens is 302 g/mol. The van der Waals surface area contributed by atoms with Crippen molar-refractivity contribution in [3.05, 3.63) is 40.7 Å². The molecule has 1 N–H and O–H groups in total. The van der Waals surface area contributed by atoms with Gasteiger partial charge < -0.3 is 4.90 Å². The fraction of sp³-hybridized carbons (Fsp3) is 0.400. The molecule has 118 valence electrons. The van der Waals surface area contributed by atoms with Gasteiger partial charge in [-0.1, -0.05) is 23.7 Å². The molecule has 6 nitrogen and oxygen atoms in total. The van der Waals surface area contributed by atoms with Gasteiger partial charge in [0.05, 0.1) is 0 Å². The quantitative estimate of drug-likeness (QED) is 0.937. The Labute approximate surface area is 135 Å². The zero-order valence-corrected chi connectivity index (χ0v) is 13.9. The van der Waals surface area contributed by atoms with E-state index in [0.717, 1.165) is 11.4 Å². The number of nitrogens with one attached hydrogen (secondary N) is 1. The van der Waals surface area contributed by atoms with Gasteiger partial charge in [-0.25, -0.2) is 9.48 Å². The number of nitrogens with zero attached hydrogens (tertiary/aromatic N) is 4. The molecule has 1 heterocycles. The van der Waals surface area contributed by atoms with Crippen molar-refractivity contribution < 1.29 is 4.79 Å². The van der Waals surface area contributed by atoms with Gasteiger partial charge in [-0.05, 0) is 38.5 Å². The minimum atomic E-state index is -0.263. The topological polar surface area (TPSA) is 63.1 Å². The number of benzene rings is 1. The van der Waals surface area contributed by atoms with Crippen molar-refractivity contribution in [2.24, 2.45) is 0 Å². The molecule has 0 aliphatic carbocycles. The fourth-order valence-electron chi connectivity index (χ4n) is 2.12. The average molecular weight is 322 g/mol. The molecule has 0 aliphatic heterocycles. The number of anilines is 1. The van der Waals surface area contributed by atoms with Gasteiger partial charge in [-0.3, -0.25) is 5.32 Å². The van der Waals surface area contributed by atoms with Crippen LogP contribution in [0.25, 0.3) is 0 Å². The summed E-state index contributed by atoms with van der Waals surface area (Å²) in [6.07, 6.45) is 0. The summed E-state index contributed by atoms with van der Waals surface area (Å²) in [5.41, 5.74) is 0.960. The second-order valence-electron chi connectivity index (χ2n) is 5.44.